The van der Waals surface area contributed by atoms with Crippen molar-refractivity contribution in [3.63, 3.8) is 0 Å². The van der Waals surface area contributed by atoms with E-state index in [0.717, 1.165) is 35.9 Å². The molecule has 5 rings (SSSR count). The van der Waals surface area contributed by atoms with Crippen LogP contribution in [0.1, 0.15) is 42.7 Å². The van der Waals surface area contributed by atoms with Crippen LogP contribution in [0.25, 0.3) is 0 Å². The summed E-state index contributed by atoms with van der Waals surface area (Å²) in [6.45, 7) is 4.18. The number of aryl methyl sites for hydroxylation is 2. The van der Waals surface area contributed by atoms with Gasteiger partial charge in [0.15, 0.2) is 6.61 Å². The Balaban J connectivity index is 1.15. The maximum Gasteiger partial charge on any atom is 0.258 e. The Morgan fingerprint density at radius 3 is 2.68 bits per heavy atom. The molecule has 0 radical (unpaired) electrons. The van der Waals surface area contributed by atoms with Gasteiger partial charge in [-0.2, -0.15) is 0 Å². The number of carbonyl (C=O) groups is 2. The van der Waals surface area contributed by atoms with E-state index in [1.807, 2.05) is 13.8 Å². The lowest BCUT2D eigenvalue weighted by atomic mass is 9.39. The van der Waals surface area contributed by atoms with Gasteiger partial charge in [-0.3, -0.25) is 9.59 Å². The molecule has 3 saturated carbocycles. The molecule has 2 N–H and O–H groups in total. The van der Waals surface area contributed by atoms with Crippen LogP contribution in [0, 0.1) is 25.1 Å². The van der Waals surface area contributed by atoms with Crippen molar-refractivity contribution in [2.75, 3.05) is 13.2 Å². The number of amides is 2. The van der Waals surface area contributed by atoms with Crippen LogP contribution in [0.15, 0.2) is 22.7 Å². The number of nitrogens with one attached hydrogen (secondary N) is 2. The van der Waals surface area contributed by atoms with Crippen LogP contribution in [0.4, 0.5) is 4.39 Å². The summed E-state index contributed by atoms with van der Waals surface area (Å²) in [5.74, 6) is 0.227. The van der Waals surface area contributed by atoms with E-state index >= 15 is 0 Å². The van der Waals surface area contributed by atoms with E-state index in [1.54, 1.807) is 0 Å². The normalized spacial score (nSPS) is 23.5. The van der Waals surface area contributed by atoms with Crippen LogP contribution in [-0.2, 0) is 16.0 Å². The van der Waals surface area contributed by atoms with Crippen molar-refractivity contribution in [3.8, 4) is 5.75 Å². The van der Waals surface area contributed by atoms with Crippen LogP contribution in [0.2, 0.25) is 5.02 Å². The highest BCUT2D eigenvalue weighted by Crippen LogP contribution is 2.67. The second-order valence-electron chi connectivity index (χ2n) is 8.67. The maximum atomic E-state index is 13.4. The molecule has 9 heteroatoms. The van der Waals surface area contributed by atoms with E-state index in [-0.39, 0.29) is 40.1 Å². The third-order valence-electron chi connectivity index (χ3n) is 6.25. The first-order valence-corrected chi connectivity index (χ1v) is 10.7. The van der Waals surface area contributed by atoms with Crippen LogP contribution in [-0.4, -0.2) is 35.7 Å². The van der Waals surface area contributed by atoms with Crippen LogP contribution in [0.3, 0.4) is 0 Å². The van der Waals surface area contributed by atoms with Gasteiger partial charge in [0.25, 0.3) is 5.91 Å². The average molecular weight is 450 g/mol. The van der Waals surface area contributed by atoms with Gasteiger partial charge in [0.05, 0.1) is 16.1 Å². The van der Waals surface area contributed by atoms with Gasteiger partial charge < -0.3 is 19.9 Å². The largest absolute Gasteiger partial charge is 0.484 e. The molecule has 1 aromatic carbocycles. The van der Waals surface area contributed by atoms with Crippen molar-refractivity contribution in [2.24, 2.45) is 5.41 Å². The number of carbonyl (C=O) groups excluding carboxylic acids is 2. The number of halogens is 2. The highest BCUT2D eigenvalue weighted by atomic mass is 35.5. The third-order valence-corrected chi connectivity index (χ3v) is 6.55. The van der Waals surface area contributed by atoms with Gasteiger partial charge in [0.1, 0.15) is 17.3 Å². The first-order chi connectivity index (χ1) is 14.7. The summed E-state index contributed by atoms with van der Waals surface area (Å²) >= 11 is 5.63. The molecule has 3 fully saturated rings. The summed E-state index contributed by atoms with van der Waals surface area (Å²) in [4.78, 5) is 24.7. The summed E-state index contributed by atoms with van der Waals surface area (Å²) < 4.78 is 23.9. The monoisotopic (exact) mass is 449 g/mol. The lowest BCUT2D eigenvalue weighted by Crippen LogP contribution is -2.78. The molecule has 2 aromatic rings. The van der Waals surface area contributed by atoms with Gasteiger partial charge in [0, 0.05) is 23.7 Å². The van der Waals surface area contributed by atoms with Crippen LogP contribution >= 0.6 is 11.6 Å². The molecule has 0 atom stereocenters. The van der Waals surface area contributed by atoms with Gasteiger partial charge in [0.2, 0.25) is 5.91 Å². The molecule has 1 aromatic heterocycles. The van der Waals surface area contributed by atoms with Gasteiger partial charge in [-0.25, -0.2) is 4.39 Å². The second kappa shape index (κ2) is 8.15. The average Bonchev–Trinajstić information content (AvgIpc) is 2.99. The molecule has 166 valence electrons. The quantitative estimate of drug-likeness (QED) is 0.573. The van der Waals surface area contributed by atoms with Crippen molar-refractivity contribution in [1.29, 1.82) is 0 Å². The SMILES string of the molecule is Cc1noc(C)c1CCCNC(=O)C12CC(NC(=O)COc3ccc(Cl)c(F)c3)(C1)C2. The lowest BCUT2D eigenvalue weighted by Gasteiger charge is -2.69. The van der Waals surface area contributed by atoms with Gasteiger partial charge in [-0.05, 0) is 58.1 Å². The molecule has 0 aliphatic heterocycles. The van der Waals surface area contributed by atoms with Gasteiger partial charge >= 0.3 is 0 Å². The maximum absolute atomic E-state index is 13.4. The fourth-order valence-electron chi connectivity index (χ4n) is 4.72. The Labute approximate surface area is 184 Å². The first kappa shape index (κ1) is 21.6. The Hall–Kier alpha value is -2.61. The molecule has 7 nitrogen and oxygen atoms in total. The summed E-state index contributed by atoms with van der Waals surface area (Å²) in [7, 11) is 0. The standard InChI is InChI=1S/C22H25ClFN3O4/c1-13-16(14(2)31-27-13)4-3-7-25-20(29)21-10-22(11-21,12-21)26-19(28)9-30-15-5-6-17(23)18(24)8-15/h5-6,8H,3-4,7,9-12H2,1-2H3,(H,25,29)(H,26,28). The number of nitrogens with zero attached hydrogens (tertiary/aromatic N) is 1. The lowest BCUT2D eigenvalue weighted by molar-refractivity contribution is -0.183. The number of aromatic nitrogens is 1. The van der Waals surface area contributed by atoms with Crippen LogP contribution in [0.5, 0.6) is 5.75 Å². The van der Waals surface area contributed by atoms with Crippen LogP contribution < -0.4 is 15.4 Å². The Morgan fingerprint density at radius 1 is 1.29 bits per heavy atom. The van der Waals surface area contributed by atoms with Crippen molar-refractivity contribution in [3.05, 3.63) is 46.1 Å². The van der Waals surface area contributed by atoms with E-state index in [2.05, 4.69) is 15.8 Å². The molecular formula is C22H25ClFN3O4. The topological polar surface area (TPSA) is 93.5 Å². The summed E-state index contributed by atoms with van der Waals surface area (Å²) in [5.41, 5.74) is 1.31. The molecule has 2 bridgehead atoms. The molecular weight excluding hydrogens is 425 g/mol. The summed E-state index contributed by atoms with van der Waals surface area (Å²) in [5, 5.41) is 9.91. The highest BCUT2D eigenvalue weighted by Gasteiger charge is 2.72. The predicted molar refractivity (Wildman–Crippen MR) is 111 cm³/mol. The smallest absolute Gasteiger partial charge is 0.258 e. The van der Waals surface area contributed by atoms with Crippen molar-refractivity contribution in [1.82, 2.24) is 15.8 Å². The van der Waals surface area contributed by atoms with Crippen molar-refractivity contribution >= 4 is 23.4 Å². The molecule has 3 aliphatic carbocycles. The third kappa shape index (κ3) is 4.26. The van der Waals surface area contributed by atoms with Gasteiger partial charge in [-0.1, -0.05) is 16.8 Å². The molecule has 0 unspecified atom stereocenters. The minimum absolute atomic E-state index is 0.00189. The second-order valence-corrected chi connectivity index (χ2v) is 9.07. The number of ether oxygens (including phenoxy) is 1. The molecule has 1 heterocycles. The Morgan fingerprint density at radius 2 is 2.03 bits per heavy atom. The zero-order valence-electron chi connectivity index (χ0n) is 17.5. The minimum Gasteiger partial charge on any atom is -0.484 e. The number of benzene rings is 1. The van der Waals surface area contributed by atoms with E-state index in [1.165, 1.54) is 12.1 Å². The zero-order chi connectivity index (χ0) is 22.2. The Bertz CT molecular complexity index is 983. The predicted octanol–water partition coefficient (Wildman–Crippen LogP) is 3.25. The van der Waals surface area contributed by atoms with E-state index in [0.29, 0.717) is 25.8 Å². The molecule has 0 saturated heterocycles. The Kier molecular flexibility index (Phi) is 5.68. The number of rotatable bonds is 9. The van der Waals surface area contributed by atoms with E-state index < -0.39 is 5.82 Å². The van der Waals surface area contributed by atoms with Crippen molar-refractivity contribution < 1.29 is 23.2 Å². The first-order valence-electron chi connectivity index (χ1n) is 10.3. The van der Waals surface area contributed by atoms with E-state index in [4.69, 9.17) is 20.9 Å². The van der Waals surface area contributed by atoms with Crippen molar-refractivity contribution in [2.45, 2.75) is 51.5 Å². The summed E-state index contributed by atoms with van der Waals surface area (Å²) in [6, 6.07) is 4.02. The molecule has 31 heavy (non-hydrogen) atoms. The number of hydrogen-bond donors (Lipinski definition) is 2. The molecule has 0 spiro atoms. The molecule has 2 amide bonds. The van der Waals surface area contributed by atoms with Gasteiger partial charge in [-0.15, -0.1) is 0 Å². The summed E-state index contributed by atoms with van der Waals surface area (Å²) in [6.07, 6.45) is 3.53. The van der Waals surface area contributed by atoms with E-state index in [9.17, 15) is 14.0 Å². The fraction of sp³-hybridized carbons (Fsp3) is 0.500. The minimum atomic E-state index is -0.598. The fourth-order valence-corrected chi connectivity index (χ4v) is 4.84. The highest BCUT2D eigenvalue weighted by molar-refractivity contribution is 6.30. The molecule has 3 aliphatic rings. The zero-order valence-corrected chi connectivity index (χ0v) is 18.3. The number of hydrogen-bond acceptors (Lipinski definition) is 5.